The highest BCUT2D eigenvalue weighted by Crippen LogP contribution is 2.48. The van der Waals surface area contributed by atoms with Crippen LogP contribution in [0.25, 0.3) is 11.1 Å². The zero-order valence-electron chi connectivity index (χ0n) is 20.3. The number of hydrogen-bond donors (Lipinski definition) is 0. The lowest BCUT2D eigenvalue weighted by atomic mass is 9.65. The molecule has 4 aromatic carbocycles. The molecule has 35 heavy (non-hydrogen) atoms. The van der Waals surface area contributed by atoms with E-state index in [1.807, 2.05) is 59.5 Å². The van der Waals surface area contributed by atoms with Crippen LogP contribution >= 0.6 is 0 Å². The molecule has 1 atom stereocenters. The molecule has 1 heterocycles. The van der Waals surface area contributed by atoms with Crippen LogP contribution in [0.15, 0.2) is 122 Å². The number of aromatic nitrogens is 3. The molecule has 0 aliphatic heterocycles. The molecule has 1 aromatic heterocycles. The highest BCUT2D eigenvalue weighted by Gasteiger charge is 2.47. The van der Waals surface area contributed by atoms with E-state index in [0.29, 0.717) is 0 Å². The molecule has 1 unspecified atom stereocenters. The molecule has 0 spiro atoms. The first-order valence-corrected chi connectivity index (χ1v) is 11.8. The Morgan fingerprint density at radius 1 is 0.600 bits per heavy atom. The molecule has 0 N–H and O–H groups in total. The van der Waals surface area contributed by atoms with Gasteiger partial charge in [-0.05, 0) is 51.9 Å². The zero-order valence-corrected chi connectivity index (χ0v) is 20.3. The van der Waals surface area contributed by atoms with Crippen molar-refractivity contribution >= 4 is 0 Å². The van der Waals surface area contributed by atoms with Crippen molar-refractivity contribution in [2.75, 3.05) is 0 Å². The van der Waals surface area contributed by atoms with E-state index in [0.717, 1.165) is 22.6 Å². The molecule has 0 saturated heterocycles. The molecule has 0 fully saturated rings. The Bertz CT molecular complexity index is 1360. The van der Waals surface area contributed by atoms with E-state index < -0.39 is 5.54 Å². The van der Waals surface area contributed by atoms with Gasteiger partial charge in [-0.1, -0.05) is 106 Å². The summed E-state index contributed by atoms with van der Waals surface area (Å²) in [4.78, 5) is 4.32. The van der Waals surface area contributed by atoms with E-state index in [2.05, 4.69) is 91.5 Å². The topological polar surface area (TPSA) is 39.9 Å². The monoisotopic (exact) mass is 459 g/mol. The predicted molar refractivity (Wildman–Crippen MR) is 140 cm³/mol. The fourth-order valence-corrected chi connectivity index (χ4v) is 4.95. The standard InChI is InChI=1S/C31H29N3O/c1-30(2,3)31(34-23-32-22-33-34,26-16-14-25(15-17-26)24-10-6-4-7-11-24)27-18-20-29(21-19-27)35-28-12-8-5-9-13-28/h4-23H,1-3H3. The quantitative estimate of drug-likeness (QED) is 0.263. The van der Waals surface area contributed by atoms with Gasteiger partial charge in [-0.3, -0.25) is 0 Å². The Morgan fingerprint density at radius 3 is 1.66 bits per heavy atom. The van der Waals surface area contributed by atoms with Crippen molar-refractivity contribution in [1.82, 2.24) is 14.8 Å². The maximum atomic E-state index is 6.06. The van der Waals surface area contributed by atoms with Crippen LogP contribution in [0.3, 0.4) is 0 Å². The summed E-state index contributed by atoms with van der Waals surface area (Å²) in [6.07, 6.45) is 3.41. The summed E-state index contributed by atoms with van der Waals surface area (Å²) in [7, 11) is 0. The van der Waals surface area contributed by atoms with E-state index in [9.17, 15) is 0 Å². The third-order valence-corrected chi connectivity index (χ3v) is 6.51. The van der Waals surface area contributed by atoms with Crippen LogP contribution in [-0.2, 0) is 5.54 Å². The molecule has 0 radical (unpaired) electrons. The van der Waals surface area contributed by atoms with Crippen molar-refractivity contribution in [2.24, 2.45) is 5.41 Å². The van der Waals surface area contributed by atoms with Crippen LogP contribution in [0.4, 0.5) is 0 Å². The van der Waals surface area contributed by atoms with Crippen LogP contribution in [-0.4, -0.2) is 14.8 Å². The lowest BCUT2D eigenvalue weighted by Gasteiger charge is -2.45. The normalized spacial score (nSPS) is 13.2. The molecular weight excluding hydrogens is 430 g/mol. The minimum Gasteiger partial charge on any atom is -0.457 e. The molecule has 0 aliphatic carbocycles. The highest BCUT2D eigenvalue weighted by molar-refractivity contribution is 5.64. The van der Waals surface area contributed by atoms with Crippen molar-refractivity contribution in [3.8, 4) is 22.6 Å². The summed E-state index contributed by atoms with van der Waals surface area (Å²) in [5.74, 6) is 1.61. The third-order valence-electron chi connectivity index (χ3n) is 6.51. The van der Waals surface area contributed by atoms with Crippen molar-refractivity contribution in [1.29, 1.82) is 0 Å². The Hall–Kier alpha value is -4.18. The Labute approximate surface area is 206 Å². The first-order valence-electron chi connectivity index (χ1n) is 11.8. The lowest BCUT2D eigenvalue weighted by Crippen LogP contribution is -2.48. The molecule has 5 aromatic rings. The molecule has 4 heteroatoms. The first-order chi connectivity index (χ1) is 17.0. The molecule has 0 aliphatic rings. The van der Waals surface area contributed by atoms with Gasteiger partial charge >= 0.3 is 0 Å². The summed E-state index contributed by atoms with van der Waals surface area (Å²) < 4.78 is 8.04. The molecule has 0 amide bonds. The van der Waals surface area contributed by atoms with Gasteiger partial charge in [0.1, 0.15) is 29.7 Å². The Balaban J connectivity index is 1.61. The minimum absolute atomic E-state index is 0.225. The van der Waals surface area contributed by atoms with Crippen molar-refractivity contribution in [2.45, 2.75) is 26.3 Å². The maximum absolute atomic E-state index is 6.06. The van der Waals surface area contributed by atoms with Crippen LogP contribution in [0.1, 0.15) is 31.9 Å². The number of hydrogen-bond acceptors (Lipinski definition) is 3. The second-order valence-corrected chi connectivity index (χ2v) is 9.68. The van der Waals surface area contributed by atoms with E-state index in [1.54, 1.807) is 6.33 Å². The van der Waals surface area contributed by atoms with Crippen LogP contribution < -0.4 is 4.74 Å². The van der Waals surface area contributed by atoms with E-state index in [1.165, 1.54) is 11.1 Å². The van der Waals surface area contributed by atoms with Gasteiger partial charge in [0, 0.05) is 0 Å². The summed E-state index contributed by atoms with van der Waals surface area (Å²) >= 11 is 0. The molecule has 174 valence electrons. The van der Waals surface area contributed by atoms with E-state index in [-0.39, 0.29) is 5.41 Å². The molecule has 0 saturated carbocycles. The van der Waals surface area contributed by atoms with Crippen LogP contribution in [0.5, 0.6) is 11.5 Å². The number of benzene rings is 4. The number of nitrogens with zero attached hydrogens (tertiary/aromatic N) is 3. The van der Waals surface area contributed by atoms with Gasteiger partial charge in [-0.2, -0.15) is 5.10 Å². The van der Waals surface area contributed by atoms with Crippen molar-refractivity contribution in [3.63, 3.8) is 0 Å². The number of ether oxygens (including phenoxy) is 1. The van der Waals surface area contributed by atoms with Crippen molar-refractivity contribution < 1.29 is 4.74 Å². The van der Waals surface area contributed by atoms with Crippen LogP contribution in [0.2, 0.25) is 0 Å². The maximum Gasteiger partial charge on any atom is 0.137 e. The molecular formula is C31H29N3O. The SMILES string of the molecule is CC(C)(C)C(c1ccc(Oc2ccccc2)cc1)(c1ccc(-c2ccccc2)cc1)n1cncn1. The van der Waals surface area contributed by atoms with Gasteiger partial charge in [0.25, 0.3) is 0 Å². The predicted octanol–water partition coefficient (Wildman–Crippen LogP) is 7.58. The Morgan fingerprint density at radius 2 is 1.11 bits per heavy atom. The van der Waals surface area contributed by atoms with Crippen LogP contribution in [0, 0.1) is 5.41 Å². The van der Waals surface area contributed by atoms with E-state index >= 15 is 0 Å². The Kier molecular flexibility index (Phi) is 5.96. The minimum atomic E-state index is -0.579. The zero-order chi connectivity index (χ0) is 24.3. The first kappa shape index (κ1) is 22.6. The summed E-state index contributed by atoms with van der Waals surface area (Å²) in [5, 5.41) is 4.65. The van der Waals surface area contributed by atoms with Crippen molar-refractivity contribution in [3.05, 3.63) is 133 Å². The summed E-state index contributed by atoms with van der Waals surface area (Å²) in [6, 6.07) is 37.4. The number of rotatable bonds is 6. The van der Waals surface area contributed by atoms with Gasteiger partial charge in [-0.15, -0.1) is 0 Å². The van der Waals surface area contributed by atoms with Gasteiger partial charge in [0.2, 0.25) is 0 Å². The molecule has 5 rings (SSSR count). The summed E-state index contributed by atoms with van der Waals surface area (Å²) in [5.41, 5.74) is 3.84. The number of para-hydroxylation sites is 1. The fraction of sp³-hybridized carbons (Fsp3) is 0.161. The van der Waals surface area contributed by atoms with Gasteiger partial charge < -0.3 is 4.74 Å². The van der Waals surface area contributed by atoms with Gasteiger partial charge in [0.05, 0.1) is 0 Å². The largest absolute Gasteiger partial charge is 0.457 e. The molecule has 4 nitrogen and oxygen atoms in total. The third kappa shape index (κ3) is 4.24. The average Bonchev–Trinajstić information content (AvgIpc) is 3.41. The smallest absolute Gasteiger partial charge is 0.137 e. The average molecular weight is 460 g/mol. The van der Waals surface area contributed by atoms with Gasteiger partial charge in [0.15, 0.2) is 0 Å². The second kappa shape index (κ2) is 9.22. The highest BCUT2D eigenvalue weighted by atomic mass is 16.5. The fourth-order valence-electron chi connectivity index (χ4n) is 4.95. The lowest BCUT2D eigenvalue weighted by molar-refractivity contribution is 0.171. The second-order valence-electron chi connectivity index (χ2n) is 9.68. The van der Waals surface area contributed by atoms with E-state index in [4.69, 9.17) is 4.74 Å². The van der Waals surface area contributed by atoms with Gasteiger partial charge in [-0.25, -0.2) is 9.67 Å². The molecule has 0 bridgehead atoms. The summed E-state index contributed by atoms with van der Waals surface area (Å²) in [6.45, 7) is 6.73.